The summed E-state index contributed by atoms with van der Waals surface area (Å²) in [5, 5.41) is 13.9. The fourth-order valence-corrected chi connectivity index (χ4v) is 1.40. The third kappa shape index (κ3) is 3.79. The molecule has 0 aromatic heterocycles. The monoisotopic (exact) mass is 236 g/mol. The fourth-order valence-electron chi connectivity index (χ4n) is 1.40. The Labute approximate surface area is 100 Å². The lowest BCUT2D eigenvalue weighted by molar-refractivity contribution is -0.384. The number of ether oxygens (including phenoxy) is 1. The molecular formula is C12H16N2O3. The van der Waals surface area contributed by atoms with Gasteiger partial charge in [-0.2, -0.15) is 0 Å². The Kier molecular flexibility index (Phi) is 5.00. The normalized spacial score (nSPS) is 10.5. The highest BCUT2D eigenvalue weighted by molar-refractivity contribution is 5.63. The highest BCUT2D eigenvalue weighted by atomic mass is 16.6. The summed E-state index contributed by atoms with van der Waals surface area (Å²) in [6.45, 7) is 2.60. The van der Waals surface area contributed by atoms with Gasteiger partial charge in [-0.1, -0.05) is 12.2 Å². The van der Waals surface area contributed by atoms with E-state index in [0.717, 1.165) is 6.42 Å². The van der Waals surface area contributed by atoms with Gasteiger partial charge in [0.05, 0.1) is 18.1 Å². The van der Waals surface area contributed by atoms with Crippen molar-refractivity contribution in [1.82, 2.24) is 0 Å². The fraction of sp³-hybridized carbons (Fsp3) is 0.333. The number of benzene rings is 1. The van der Waals surface area contributed by atoms with E-state index >= 15 is 0 Å². The molecule has 0 saturated heterocycles. The zero-order valence-electron chi connectivity index (χ0n) is 9.97. The number of rotatable bonds is 6. The molecule has 92 valence electrons. The Bertz CT molecular complexity index is 416. The van der Waals surface area contributed by atoms with Crippen LogP contribution < -0.4 is 10.1 Å². The van der Waals surface area contributed by atoms with Crippen molar-refractivity contribution in [3.63, 3.8) is 0 Å². The number of hydrogen-bond donors (Lipinski definition) is 1. The van der Waals surface area contributed by atoms with Gasteiger partial charge in [0.25, 0.3) is 5.69 Å². The molecule has 0 heterocycles. The van der Waals surface area contributed by atoms with Crippen LogP contribution in [0.4, 0.5) is 11.4 Å². The average Bonchev–Trinajstić information content (AvgIpc) is 2.34. The van der Waals surface area contributed by atoms with Crippen LogP contribution in [0.5, 0.6) is 5.75 Å². The zero-order chi connectivity index (χ0) is 12.7. The SMILES string of the molecule is C/C=C/CCNc1ccc(OC)cc1[N+](=O)[O-]. The number of hydrogen-bond acceptors (Lipinski definition) is 4. The maximum absolute atomic E-state index is 10.9. The molecule has 0 atom stereocenters. The van der Waals surface area contributed by atoms with E-state index in [0.29, 0.717) is 18.0 Å². The summed E-state index contributed by atoms with van der Waals surface area (Å²) in [5.41, 5.74) is 0.546. The van der Waals surface area contributed by atoms with Crippen LogP contribution in [0.2, 0.25) is 0 Å². The summed E-state index contributed by atoms with van der Waals surface area (Å²) in [6, 6.07) is 4.77. The van der Waals surface area contributed by atoms with E-state index in [9.17, 15) is 10.1 Å². The molecule has 0 radical (unpaired) electrons. The molecule has 0 spiro atoms. The molecular weight excluding hydrogens is 220 g/mol. The van der Waals surface area contributed by atoms with E-state index in [1.54, 1.807) is 12.1 Å². The predicted octanol–water partition coefficient (Wildman–Crippen LogP) is 2.98. The summed E-state index contributed by atoms with van der Waals surface area (Å²) >= 11 is 0. The largest absolute Gasteiger partial charge is 0.496 e. The molecule has 1 aromatic carbocycles. The van der Waals surface area contributed by atoms with Gasteiger partial charge in [-0.3, -0.25) is 10.1 Å². The van der Waals surface area contributed by atoms with Gasteiger partial charge >= 0.3 is 0 Å². The molecule has 1 rings (SSSR count). The molecule has 0 fully saturated rings. The molecule has 5 nitrogen and oxygen atoms in total. The quantitative estimate of drug-likeness (QED) is 0.357. The minimum atomic E-state index is -0.416. The van der Waals surface area contributed by atoms with Crippen LogP contribution >= 0.6 is 0 Å². The number of anilines is 1. The van der Waals surface area contributed by atoms with E-state index in [-0.39, 0.29) is 5.69 Å². The second kappa shape index (κ2) is 6.52. The van der Waals surface area contributed by atoms with Gasteiger partial charge in [0.15, 0.2) is 0 Å². The van der Waals surface area contributed by atoms with Crippen LogP contribution in [0.1, 0.15) is 13.3 Å². The van der Waals surface area contributed by atoms with Gasteiger partial charge in [-0.05, 0) is 25.5 Å². The Morgan fingerprint density at radius 3 is 2.88 bits per heavy atom. The third-order valence-corrected chi connectivity index (χ3v) is 2.26. The minimum Gasteiger partial charge on any atom is -0.496 e. The smallest absolute Gasteiger partial charge is 0.296 e. The van der Waals surface area contributed by atoms with Crippen molar-refractivity contribution in [3.05, 3.63) is 40.5 Å². The first kappa shape index (κ1) is 13.0. The van der Waals surface area contributed by atoms with E-state index < -0.39 is 4.92 Å². The summed E-state index contributed by atoms with van der Waals surface area (Å²) in [5.74, 6) is 0.482. The van der Waals surface area contributed by atoms with Crippen molar-refractivity contribution in [3.8, 4) is 5.75 Å². The molecule has 0 aliphatic heterocycles. The molecule has 0 unspecified atom stereocenters. The third-order valence-electron chi connectivity index (χ3n) is 2.26. The lowest BCUT2D eigenvalue weighted by Gasteiger charge is -2.07. The minimum absolute atomic E-state index is 0.0322. The zero-order valence-corrected chi connectivity index (χ0v) is 9.97. The van der Waals surface area contributed by atoms with Crippen LogP contribution in [0, 0.1) is 10.1 Å². The lowest BCUT2D eigenvalue weighted by atomic mass is 10.2. The second-order valence-corrected chi connectivity index (χ2v) is 3.42. The van der Waals surface area contributed by atoms with Gasteiger partial charge in [-0.15, -0.1) is 0 Å². The molecule has 0 saturated carbocycles. The standard InChI is InChI=1S/C12H16N2O3/c1-3-4-5-8-13-11-7-6-10(17-2)9-12(11)14(15)16/h3-4,6-7,9,13H,5,8H2,1-2H3/b4-3+. The highest BCUT2D eigenvalue weighted by Gasteiger charge is 2.14. The topological polar surface area (TPSA) is 64.4 Å². The van der Waals surface area contributed by atoms with Gasteiger partial charge in [-0.25, -0.2) is 0 Å². The molecule has 0 aliphatic carbocycles. The van der Waals surface area contributed by atoms with Crippen molar-refractivity contribution in [2.24, 2.45) is 0 Å². The second-order valence-electron chi connectivity index (χ2n) is 3.42. The van der Waals surface area contributed by atoms with Gasteiger partial charge in [0.2, 0.25) is 0 Å². The molecule has 0 bridgehead atoms. The molecule has 1 N–H and O–H groups in total. The Morgan fingerprint density at radius 1 is 1.53 bits per heavy atom. The van der Waals surface area contributed by atoms with E-state index in [1.165, 1.54) is 13.2 Å². The van der Waals surface area contributed by atoms with Crippen LogP contribution in [-0.2, 0) is 0 Å². The predicted molar refractivity (Wildman–Crippen MR) is 67.6 cm³/mol. The molecule has 17 heavy (non-hydrogen) atoms. The van der Waals surface area contributed by atoms with Gasteiger partial charge in [0, 0.05) is 6.54 Å². The van der Waals surface area contributed by atoms with E-state index in [4.69, 9.17) is 4.74 Å². The van der Waals surface area contributed by atoms with Crippen molar-refractivity contribution in [2.45, 2.75) is 13.3 Å². The number of nitrogens with zero attached hydrogens (tertiary/aromatic N) is 1. The molecule has 5 heteroatoms. The maximum Gasteiger partial charge on any atom is 0.296 e. The van der Waals surface area contributed by atoms with Crippen LogP contribution in [0.25, 0.3) is 0 Å². The average molecular weight is 236 g/mol. The summed E-state index contributed by atoms with van der Waals surface area (Å²) in [4.78, 5) is 10.5. The molecule has 1 aromatic rings. The first-order valence-corrected chi connectivity index (χ1v) is 5.36. The molecule has 0 aliphatic rings. The Balaban J connectivity index is 2.79. The first-order valence-electron chi connectivity index (χ1n) is 5.36. The molecule has 0 amide bonds. The van der Waals surface area contributed by atoms with Gasteiger partial charge in [0.1, 0.15) is 11.4 Å². The van der Waals surface area contributed by atoms with E-state index in [2.05, 4.69) is 5.32 Å². The van der Waals surface area contributed by atoms with Crippen LogP contribution in [-0.4, -0.2) is 18.6 Å². The van der Waals surface area contributed by atoms with E-state index in [1.807, 2.05) is 19.1 Å². The number of allylic oxidation sites excluding steroid dienone is 1. The number of nitrogens with one attached hydrogen (secondary N) is 1. The first-order chi connectivity index (χ1) is 8.19. The number of nitro groups is 1. The number of methoxy groups -OCH3 is 1. The Hall–Kier alpha value is -2.04. The van der Waals surface area contributed by atoms with Crippen molar-refractivity contribution >= 4 is 11.4 Å². The van der Waals surface area contributed by atoms with Crippen LogP contribution in [0.15, 0.2) is 30.4 Å². The number of nitro benzene ring substituents is 1. The summed E-state index contributed by atoms with van der Waals surface area (Å²) in [6.07, 6.45) is 4.78. The lowest BCUT2D eigenvalue weighted by Crippen LogP contribution is -2.03. The van der Waals surface area contributed by atoms with Crippen molar-refractivity contribution in [2.75, 3.05) is 19.0 Å². The summed E-state index contributed by atoms with van der Waals surface area (Å²) in [7, 11) is 1.48. The van der Waals surface area contributed by atoms with Crippen LogP contribution in [0.3, 0.4) is 0 Å². The van der Waals surface area contributed by atoms with Crippen molar-refractivity contribution in [1.29, 1.82) is 0 Å². The van der Waals surface area contributed by atoms with Crippen molar-refractivity contribution < 1.29 is 9.66 Å². The summed E-state index contributed by atoms with van der Waals surface area (Å²) < 4.78 is 4.96. The highest BCUT2D eigenvalue weighted by Crippen LogP contribution is 2.28. The van der Waals surface area contributed by atoms with Gasteiger partial charge < -0.3 is 10.1 Å². The Morgan fingerprint density at radius 2 is 2.29 bits per heavy atom. The maximum atomic E-state index is 10.9.